The maximum absolute atomic E-state index is 13.3. The highest BCUT2D eigenvalue weighted by Gasteiger charge is 2.38. The lowest BCUT2D eigenvalue weighted by Crippen LogP contribution is -2.22. The SMILES string of the molecule is Cc1cc(C(C)(C)I)cc(C(C)(C)C)c1C(F)(F)F. The fourth-order valence-electron chi connectivity index (χ4n) is 2.10. The highest BCUT2D eigenvalue weighted by Crippen LogP contribution is 2.42. The minimum absolute atomic E-state index is 0.188. The predicted octanol–water partition coefficient (Wildman–Crippen LogP) is 5.98. The third-order valence-electron chi connectivity index (χ3n) is 3.11. The van der Waals surface area contributed by atoms with E-state index in [2.05, 4.69) is 22.6 Å². The van der Waals surface area contributed by atoms with E-state index in [1.807, 2.05) is 34.6 Å². The fourth-order valence-corrected chi connectivity index (χ4v) is 2.41. The first-order valence-electron chi connectivity index (χ1n) is 6.16. The Morgan fingerprint density at radius 1 is 0.947 bits per heavy atom. The summed E-state index contributed by atoms with van der Waals surface area (Å²) in [5.41, 5.74) is 0.598. The van der Waals surface area contributed by atoms with E-state index in [1.165, 1.54) is 0 Å². The van der Waals surface area contributed by atoms with Gasteiger partial charge in [0.15, 0.2) is 0 Å². The van der Waals surface area contributed by atoms with E-state index in [1.54, 1.807) is 19.1 Å². The molecule has 0 fully saturated rings. The molecule has 19 heavy (non-hydrogen) atoms. The van der Waals surface area contributed by atoms with Gasteiger partial charge in [0.2, 0.25) is 0 Å². The molecule has 0 saturated carbocycles. The van der Waals surface area contributed by atoms with E-state index in [0.717, 1.165) is 5.56 Å². The molecule has 0 aliphatic carbocycles. The lowest BCUT2D eigenvalue weighted by molar-refractivity contribution is -0.139. The third kappa shape index (κ3) is 3.86. The second-order valence-electron chi connectivity index (χ2n) is 6.44. The van der Waals surface area contributed by atoms with Gasteiger partial charge >= 0.3 is 6.18 Å². The lowest BCUT2D eigenvalue weighted by atomic mass is 9.79. The summed E-state index contributed by atoms with van der Waals surface area (Å²) in [4.78, 5) is 0. The molecule has 0 saturated heterocycles. The quantitative estimate of drug-likeness (QED) is 0.413. The van der Waals surface area contributed by atoms with Crippen LogP contribution in [-0.2, 0) is 15.0 Å². The standard InChI is InChI=1S/C15H20F3I/c1-9-7-10(14(5,6)19)8-11(13(2,3)4)12(9)15(16,17)18/h7-8H,1-6H3. The number of hydrogen-bond acceptors (Lipinski definition) is 0. The first kappa shape index (κ1) is 16.8. The van der Waals surface area contributed by atoms with E-state index in [0.29, 0.717) is 11.1 Å². The zero-order chi connectivity index (χ0) is 15.2. The first-order valence-corrected chi connectivity index (χ1v) is 7.24. The van der Waals surface area contributed by atoms with Gasteiger partial charge in [-0.25, -0.2) is 0 Å². The van der Waals surface area contributed by atoms with Gasteiger partial charge in [-0.05, 0) is 42.9 Å². The smallest absolute Gasteiger partial charge is 0.166 e. The predicted molar refractivity (Wildman–Crippen MR) is 81.9 cm³/mol. The van der Waals surface area contributed by atoms with E-state index >= 15 is 0 Å². The molecule has 108 valence electrons. The van der Waals surface area contributed by atoms with Gasteiger partial charge in [-0.1, -0.05) is 55.5 Å². The van der Waals surface area contributed by atoms with Gasteiger partial charge in [0.25, 0.3) is 0 Å². The van der Waals surface area contributed by atoms with E-state index < -0.39 is 17.2 Å². The lowest BCUT2D eigenvalue weighted by Gasteiger charge is -2.29. The molecule has 0 amide bonds. The van der Waals surface area contributed by atoms with Crippen molar-refractivity contribution < 1.29 is 13.2 Å². The highest BCUT2D eigenvalue weighted by atomic mass is 127. The van der Waals surface area contributed by atoms with E-state index in [4.69, 9.17) is 0 Å². The van der Waals surface area contributed by atoms with Crippen LogP contribution in [0, 0.1) is 6.92 Å². The Morgan fingerprint density at radius 3 is 1.74 bits per heavy atom. The number of halogens is 4. The zero-order valence-electron chi connectivity index (χ0n) is 12.2. The number of rotatable bonds is 1. The Labute approximate surface area is 126 Å². The maximum Gasteiger partial charge on any atom is 0.416 e. The fraction of sp³-hybridized carbons (Fsp3) is 0.600. The number of benzene rings is 1. The van der Waals surface area contributed by atoms with Crippen molar-refractivity contribution in [1.82, 2.24) is 0 Å². The number of aryl methyl sites for hydroxylation is 1. The van der Waals surface area contributed by atoms with Gasteiger partial charge in [-0.3, -0.25) is 0 Å². The average Bonchev–Trinajstić information content (AvgIpc) is 2.11. The summed E-state index contributed by atoms with van der Waals surface area (Å²) in [6, 6.07) is 3.37. The largest absolute Gasteiger partial charge is 0.416 e. The topological polar surface area (TPSA) is 0 Å². The average molecular weight is 384 g/mol. The Kier molecular flexibility index (Phi) is 4.36. The number of hydrogen-bond donors (Lipinski definition) is 0. The van der Waals surface area contributed by atoms with Crippen LogP contribution in [0.4, 0.5) is 13.2 Å². The van der Waals surface area contributed by atoms with Gasteiger partial charge in [-0.2, -0.15) is 13.2 Å². The van der Waals surface area contributed by atoms with Gasteiger partial charge in [0, 0.05) is 3.42 Å². The molecule has 0 aliphatic rings. The molecule has 0 radical (unpaired) electrons. The summed E-state index contributed by atoms with van der Waals surface area (Å²) in [5, 5.41) is 0. The van der Waals surface area contributed by atoms with Gasteiger partial charge in [-0.15, -0.1) is 0 Å². The highest BCUT2D eigenvalue weighted by molar-refractivity contribution is 14.1. The van der Waals surface area contributed by atoms with Gasteiger partial charge in [0.1, 0.15) is 0 Å². The van der Waals surface area contributed by atoms with Crippen molar-refractivity contribution in [2.75, 3.05) is 0 Å². The van der Waals surface area contributed by atoms with Crippen molar-refractivity contribution in [3.05, 3.63) is 34.4 Å². The minimum Gasteiger partial charge on any atom is -0.166 e. The molecule has 4 heteroatoms. The van der Waals surface area contributed by atoms with Crippen LogP contribution in [0.15, 0.2) is 12.1 Å². The zero-order valence-corrected chi connectivity index (χ0v) is 14.3. The summed E-state index contributed by atoms with van der Waals surface area (Å²) < 4.78 is 39.6. The van der Waals surface area contributed by atoms with Crippen molar-refractivity contribution in [1.29, 1.82) is 0 Å². The molecule has 0 aliphatic heterocycles. The minimum atomic E-state index is -4.30. The normalized spacial score (nSPS) is 13.8. The Balaban J connectivity index is 3.68. The van der Waals surface area contributed by atoms with Gasteiger partial charge < -0.3 is 0 Å². The van der Waals surface area contributed by atoms with Crippen molar-refractivity contribution in [2.24, 2.45) is 0 Å². The maximum atomic E-state index is 13.3. The summed E-state index contributed by atoms with van der Waals surface area (Å²) in [6.07, 6.45) is -4.30. The van der Waals surface area contributed by atoms with Crippen molar-refractivity contribution in [3.63, 3.8) is 0 Å². The summed E-state index contributed by atoms with van der Waals surface area (Å²) in [5.74, 6) is 0. The van der Waals surface area contributed by atoms with Crippen LogP contribution in [0.1, 0.15) is 56.9 Å². The van der Waals surface area contributed by atoms with Crippen LogP contribution >= 0.6 is 22.6 Å². The molecule has 1 aromatic carbocycles. The second-order valence-corrected chi connectivity index (χ2v) is 9.13. The van der Waals surface area contributed by atoms with Crippen molar-refractivity contribution in [3.8, 4) is 0 Å². The molecule has 0 bridgehead atoms. The molecule has 0 heterocycles. The summed E-state index contributed by atoms with van der Waals surface area (Å²) in [6.45, 7) is 11.0. The van der Waals surface area contributed by atoms with Crippen LogP contribution in [0.2, 0.25) is 0 Å². The Hall–Kier alpha value is -0.260. The third-order valence-corrected chi connectivity index (χ3v) is 3.74. The van der Waals surface area contributed by atoms with Crippen molar-refractivity contribution >= 4 is 22.6 Å². The molecule has 0 unspecified atom stereocenters. The van der Waals surface area contributed by atoms with E-state index in [9.17, 15) is 13.2 Å². The van der Waals surface area contributed by atoms with Crippen LogP contribution in [0.3, 0.4) is 0 Å². The van der Waals surface area contributed by atoms with Gasteiger partial charge in [0.05, 0.1) is 5.56 Å². The molecule has 0 spiro atoms. The van der Waals surface area contributed by atoms with Crippen molar-refractivity contribution in [2.45, 2.75) is 56.6 Å². The molecular formula is C15H20F3I. The molecule has 0 aromatic heterocycles. The number of alkyl halides is 4. The molecule has 1 rings (SSSR count). The molecular weight excluding hydrogens is 364 g/mol. The molecule has 0 N–H and O–H groups in total. The Morgan fingerprint density at radius 2 is 1.42 bits per heavy atom. The second kappa shape index (κ2) is 4.93. The summed E-state index contributed by atoms with van der Waals surface area (Å²) in [7, 11) is 0. The molecule has 0 atom stereocenters. The molecule has 0 nitrogen and oxygen atoms in total. The molecule has 1 aromatic rings. The van der Waals surface area contributed by atoms with E-state index in [-0.39, 0.29) is 3.42 Å². The van der Waals surface area contributed by atoms with Crippen LogP contribution in [-0.4, -0.2) is 0 Å². The van der Waals surface area contributed by atoms with Crippen LogP contribution in [0.5, 0.6) is 0 Å². The summed E-state index contributed by atoms with van der Waals surface area (Å²) >= 11 is 2.26. The first-order chi connectivity index (χ1) is 8.24. The monoisotopic (exact) mass is 384 g/mol. The Bertz CT molecular complexity index is 474. The van der Waals surface area contributed by atoms with Crippen LogP contribution in [0.25, 0.3) is 0 Å². The van der Waals surface area contributed by atoms with Crippen LogP contribution < -0.4 is 0 Å².